The Morgan fingerprint density at radius 2 is 1.68 bits per heavy atom. The summed E-state index contributed by atoms with van der Waals surface area (Å²) in [6, 6.07) is 0.659. The number of hydrogen-bond acceptors (Lipinski definition) is 2. The molecule has 2 heteroatoms. The van der Waals surface area contributed by atoms with Crippen LogP contribution in [0.15, 0.2) is 0 Å². The van der Waals surface area contributed by atoms with Gasteiger partial charge in [0.1, 0.15) is 0 Å². The topological polar surface area (TPSA) is 23.5 Å². The van der Waals surface area contributed by atoms with E-state index in [1.165, 1.54) is 58.0 Å². The van der Waals surface area contributed by atoms with Gasteiger partial charge in [0.15, 0.2) is 0 Å². The highest BCUT2D eigenvalue weighted by molar-refractivity contribution is 4.89. The fourth-order valence-electron chi connectivity index (χ4n) is 3.85. The fourth-order valence-corrected chi connectivity index (χ4v) is 3.85. The van der Waals surface area contributed by atoms with Gasteiger partial charge >= 0.3 is 0 Å². The Balaban J connectivity index is 1.94. The molecule has 2 nitrogen and oxygen atoms in total. The molecule has 1 saturated heterocycles. The molecule has 1 N–H and O–H groups in total. The Morgan fingerprint density at radius 3 is 2.37 bits per heavy atom. The van der Waals surface area contributed by atoms with Crippen LogP contribution >= 0.6 is 0 Å². The SMILES string of the molecule is CC(C)(C)CCN1CCCCC1C1CCCCC1O. The summed E-state index contributed by atoms with van der Waals surface area (Å²) in [7, 11) is 0. The molecule has 0 radical (unpaired) electrons. The smallest absolute Gasteiger partial charge is 0.0583 e. The largest absolute Gasteiger partial charge is 0.393 e. The van der Waals surface area contributed by atoms with Gasteiger partial charge in [-0.3, -0.25) is 4.90 Å². The minimum Gasteiger partial charge on any atom is -0.393 e. The average Bonchev–Trinajstić information content (AvgIpc) is 2.37. The second-order valence-electron chi connectivity index (χ2n) is 7.93. The fraction of sp³-hybridized carbons (Fsp3) is 1.00. The highest BCUT2D eigenvalue weighted by atomic mass is 16.3. The standard InChI is InChI=1S/C17H33NO/c1-17(2,3)11-13-18-12-7-6-9-15(18)14-8-4-5-10-16(14)19/h14-16,19H,4-13H2,1-3H3. The van der Waals surface area contributed by atoms with E-state index in [4.69, 9.17) is 0 Å². The minimum absolute atomic E-state index is 0.0333. The van der Waals surface area contributed by atoms with Crippen LogP contribution < -0.4 is 0 Å². The summed E-state index contributed by atoms with van der Waals surface area (Å²) in [5.41, 5.74) is 0.424. The van der Waals surface area contributed by atoms with Crippen molar-refractivity contribution in [3.63, 3.8) is 0 Å². The van der Waals surface area contributed by atoms with E-state index in [0.29, 0.717) is 17.4 Å². The molecule has 1 aliphatic carbocycles. The van der Waals surface area contributed by atoms with Crippen LogP contribution in [0.4, 0.5) is 0 Å². The molecule has 112 valence electrons. The summed E-state index contributed by atoms with van der Waals surface area (Å²) >= 11 is 0. The van der Waals surface area contributed by atoms with Crippen molar-refractivity contribution >= 4 is 0 Å². The van der Waals surface area contributed by atoms with Gasteiger partial charge in [-0.25, -0.2) is 0 Å². The zero-order valence-electron chi connectivity index (χ0n) is 13.2. The molecule has 1 saturated carbocycles. The van der Waals surface area contributed by atoms with Crippen LogP contribution in [0.2, 0.25) is 0 Å². The quantitative estimate of drug-likeness (QED) is 0.840. The highest BCUT2D eigenvalue weighted by Gasteiger charge is 2.35. The van der Waals surface area contributed by atoms with E-state index >= 15 is 0 Å². The number of hydrogen-bond donors (Lipinski definition) is 1. The second-order valence-corrected chi connectivity index (χ2v) is 7.93. The van der Waals surface area contributed by atoms with Crippen molar-refractivity contribution < 1.29 is 5.11 Å². The third-order valence-electron chi connectivity index (χ3n) is 5.09. The van der Waals surface area contributed by atoms with Gasteiger partial charge in [-0.1, -0.05) is 40.0 Å². The molecule has 0 bridgehead atoms. The molecule has 0 aromatic heterocycles. The molecule has 0 amide bonds. The minimum atomic E-state index is -0.0333. The van der Waals surface area contributed by atoms with Gasteiger partial charge in [0.2, 0.25) is 0 Å². The van der Waals surface area contributed by atoms with Gasteiger partial charge < -0.3 is 5.11 Å². The molecular formula is C17H33NO. The van der Waals surface area contributed by atoms with E-state index in [2.05, 4.69) is 25.7 Å². The van der Waals surface area contributed by atoms with Crippen LogP contribution in [0.1, 0.15) is 72.1 Å². The average molecular weight is 267 g/mol. The number of likely N-dealkylation sites (tertiary alicyclic amines) is 1. The number of aliphatic hydroxyl groups is 1. The highest BCUT2D eigenvalue weighted by Crippen LogP contribution is 2.34. The maximum atomic E-state index is 10.3. The number of nitrogens with zero attached hydrogens (tertiary/aromatic N) is 1. The number of piperidine rings is 1. The molecule has 1 heterocycles. The van der Waals surface area contributed by atoms with Crippen LogP contribution in [-0.2, 0) is 0 Å². The molecular weight excluding hydrogens is 234 g/mol. The first-order valence-corrected chi connectivity index (χ1v) is 8.39. The normalized spacial score (nSPS) is 34.4. The first-order valence-electron chi connectivity index (χ1n) is 8.39. The molecule has 3 unspecified atom stereocenters. The Bertz CT molecular complexity index is 271. The Kier molecular flexibility index (Phi) is 5.30. The van der Waals surface area contributed by atoms with Gasteiger partial charge in [0, 0.05) is 12.0 Å². The van der Waals surface area contributed by atoms with Crippen molar-refractivity contribution in [1.82, 2.24) is 4.90 Å². The zero-order chi connectivity index (χ0) is 13.9. The Morgan fingerprint density at radius 1 is 1.00 bits per heavy atom. The molecule has 19 heavy (non-hydrogen) atoms. The Labute approximate surface area is 119 Å². The lowest BCUT2D eigenvalue weighted by Crippen LogP contribution is -2.49. The molecule has 0 spiro atoms. The maximum Gasteiger partial charge on any atom is 0.0583 e. The zero-order valence-corrected chi connectivity index (χ0v) is 13.2. The van der Waals surface area contributed by atoms with E-state index in [1.54, 1.807) is 0 Å². The van der Waals surface area contributed by atoms with Crippen molar-refractivity contribution in [2.75, 3.05) is 13.1 Å². The first kappa shape index (κ1) is 15.3. The maximum absolute atomic E-state index is 10.3. The molecule has 2 rings (SSSR count). The van der Waals surface area contributed by atoms with E-state index in [1.807, 2.05) is 0 Å². The third-order valence-corrected chi connectivity index (χ3v) is 5.09. The van der Waals surface area contributed by atoms with Gasteiger partial charge in [-0.2, -0.15) is 0 Å². The van der Waals surface area contributed by atoms with Gasteiger partial charge in [-0.15, -0.1) is 0 Å². The summed E-state index contributed by atoms with van der Waals surface area (Å²) in [5, 5.41) is 10.3. The summed E-state index contributed by atoms with van der Waals surface area (Å²) in [5.74, 6) is 0.550. The predicted molar refractivity (Wildman–Crippen MR) is 81.2 cm³/mol. The lowest BCUT2D eigenvalue weighted by Gasteiger charge is -2.44. The molecule has 2 aliphatic rings. The van der Waals surface area contributed by atoms with E-state index in [-0.39, 0.29) is 6.10 Å². The van der Waals surface area contributed by atoms with Crippen LogP contribution in [0.25, 0.3) is 0 Å². The summed E-state index contributed by atoms with van der Waals surface area (Å²) in [6.07, 6.45) is 10.1. The molecule has 0 aromatic carbocycles. The van der Waals surface area contributed by atoms with Crippen LogP contribution in [0.3, 0.4) is 0 Å². The van der Waals surface area contributed by atoms with Crippen molar-refractivity contribution in [1.29, 1.82) is 0 Å². The molecule has 0 aromatic rings. The molecule has 2 fully saturated rings. The van der Waals surface area contributed by atoms with Crippen molar-refractivity contribution in [3.05, 3.63) is 0 Å². The van der Waals surface area contributed by atoms with E-state index in [0.717, 1.165) is 6.42 Å². The van der Waals surface area contributed by atoms with Gasteiger partial charge in [0.05, 0.1) is 6.10 Å². The van der Waals surface area contributed by atoms with Crippen LogP contribution in [-0.4, -0.2) is 35.2 Å². The summed E-state index contributed by atoms with van der Waals surface area (Å²) in [6.45, 7) is 9.48. The third kappa shape index (κ3) is 4.46. The van der Waals surface area contributed by atoms with Crippen LogP contribution in [0, 0.1) is 11.3 Å². The van der Waals surface area contributed by atoms with E-state index < -0.39 is 0 Å². The van der Waals surface area contributed by atoms with Crippen molar-refractivity contribution in [2.45, 2.75) is 84.3 Å². The lowest BCUT2D eigenvalue weighted by molar-refractivity contribution is -0.00841. The molecule has 3 atom stereocenters. The van der Waals surface area contributed by atoms with Crippen molar-refractivity contribution in [3.8, 4) is 0 Å². The Hall–Kier alpha value is -0.0800. The monoisotopic (exact) mass is 267 g/mol. The van der Waals surface area contributed by atoms with Crippen LogP contribution in [0.5, 0.6) is 0 Å². The number of aliphatic hydroxyl groups excluding tert-OH is 1. The van der Waals surface area contributed by atoms with Gasteiger partial charge in [0.25, 0.3) is 0 Å². The number of rotatable bonds is 3. The summed E-state index contributed by atoms with van der Waals surface area (Å²) < 4.78 is 0. The van der Waals surface area contributed by atoms with Gasteiger partial charge in [-0.05, 0) is 50.6 Å². The first-order chi connectivity index (χ1) is 8.97. The predicted octanol–water partition coefficient (Wildman–Crippen LogP) is 3.83. The lowest BCUT2D eigenvalue weighted by atomic mass is 9.77. The van der Waals surface area contributed by atoms with E-state index in [9.17, 15) is 5.11 Å². The molecule has 1 aliphatic heterocycles. The second kappa shape index (κ2) is 6.58. The summed E-state index contributed by atoms with van der Waals surface area (Å²) in [4.78, 5) is 2.70. The van der Waals surface area contributed by atoms with Crippen molar-refractivity contribution in [2.24, 2.45) is 11.3 Å².